The Morgan fingerprint density at radius 3 is 2.42 bits per heavy atom. The molecule has 0 aliphatic heterocycles. The van der Waals surface area contributed by atoms with E-state index >= 15 is 0 Å². The van der Waals surface area contributed by atoms with E-state index in [1.54, 1.807) is 0 Å². The van der Waals surface area contributed by atoms with E-state index in [-0.39, 0.29) is 21.6 Å². The van der Waals surface area contributed by atoms with Crippen LogP contribution in [-0.2, 0) is 26.1 Å². The van der Waals surface area contributed by atoms with Gasteiger partial charge in [-0.3, -0.25) is 14.1 Å². The van der Waals surface area contributed by atoms with Crippen molar-refractivity contribution in [1.29, 1.82) is 0 Å². The molecule has 138 valence electrons. The zero-order chi connectivity index (χ0) is 19.2. The highest BCUT2D eigenvalue weighted by Crippen LogP contribution is 2.20. The highest BCUT2D eigenvalue weighted by Gasteiger charge is 2.21. The molecule has 6 nitrogen and oxygen atoms in total. The molecule has 8 heteroatoms. The van der Waals surface area contributed by atoms with Gasteiger partial charge >= 0.3 is 0 Å². The van der Waals surface area contributed by atoms with Crippen LogP contribution in [0.25, 0.3) is 0 Å². The molecule has 0 spiro atoms. The summed E-state index contributed by atoms with van der Waals surface area (Å²) in [6, 6.07) is 14.8. The van der Waals surface area contributed by atoms with Crippen molar-refractivity contribution < 1.29 is 22.6 Å². The van der Waals surface area contributed by atoms with Crippen molar-refractivity contribution in [3.8, 4) is 0 Å². The van der Waals surface area contributed by atoms with Crippen LogP contribution in [0.4, 0.5) is 5.69 Å². The standard InChI is InChI=1S/C18H19NO5S2/c1-13(20)25-12-15(10-14-6-3-2-4-7-14)18(21)19-16-8-5-9-17(11-16)26(22,23)24/h2-9,11,15H,10,12H2,1H3,(H,19,21)(H,22,23,24). The average Bonchev–Trinajstić information content (AvgIpc) is 2.58. The topological polar surface area (TPSA) is 101 Å². The van der Waals surface area contributed by atoms with Crippen LogP contribution in [0, 0.1) is 5.92 Å². The predicted octanol–water partition coefficient (Wildman–Crippen LogP) is 3.01. The fourth-order valence-corrected chi connectivity index (χ4v) is 3.55. The number of rotatable bonds is 7. The van der Waals surface area contributed by atoms with Crippen molar-refractivity contribution in [2.45, 2.75) is 18.2 Å². The minimum absolute atomic E-state index is 0.0794. The maximum absolute atomic E-state index is 12.6. The quantitative estimate of drug-likeness (QED) is 0.702. The van der Waals surface area contributed by atoms with Gasteiger partial charge in [0, 0.05) is 18.4 Å². The monoisotopic (exact) mass is 393 g/mol. The zero-order valence-electron chi connectivity index (χ0n) is 14.1. The molecule has 0 aliphatic rings. The molecule has 2 aromatic carbocycles. The molecule has 2 aromatic rings. The molecule has 26 heavy (non-hydrogen) atoms. The molecule has 2 rings (SSSR count). The van der Waals surface area contributed by atoms with E-state index in [9.17, 15) is 18.0 Å². The van der Waals surface area contributed by atoms with E-state index in [4.69, 9.17) is 4.55 Å². The first-order valence-corrected chi connectivity index (χ1v) is 10.2. The zero-order valence-corrected chi connectivity index (χ0v) is 15.7. The predicted molar refractivity (Wildman–Crippen MR) is 102 cm³/mol. The van der Waals surface area contributed by atoms with Crippen LogP contribution in [0.15, 0.2) is 59.5 Å². The maximum atomic E-state index is 12.6. The van der Waals surface area contributed by atoms with E-state index in [0.717, 1.165) is 17.3 Å². The average molecular weight is 393 g/mol. The summed E-state index contributed by atoms with van der Waals surface area (Å²) in [4.78, 5) is 23.6. The number of hydrogen-bond donors (Lipinski definition) is 2. The molecule has 0 radical (unpaired) electrons. The summed E-state index contributed by atoms with van der Waals surface area (Å²) in [5.41, 5.74) is 1.22. The van der Waals surface area contributed by atoms with E-state index < -0.39 is 16.0 Å². The van der Waals surface area contributed by atoms with Crippen molar-refractivity contribution in [3.05, 3.63) is 60.2 Å². The van der Waals surface area contributed by atoms with Crippen LogP contribution in [0.3, 0.4) is 0 Å². The Morgan fingerprint density at radius 2 is 1.81 bits per heavy atom. The molecule has 1 atom stereocenters. The summed E-state index contributed by atoms with van der Waals surface area (Å²) in [7, 11) is -4.35. The minimum Gasteiger partial charge on any atom is -0.326 e. The molecule has 0 saturated heterocycles. The summed E-state index contributed by atoms with van der Waals surface area (Å²) in [6.45, 7) is 1.44. The molecule has 1 unspecified atom stereocenters. The second-order valence-corrected chi connectivity index (χ2v) is 8.30. The smallest absolute Gasteiger partial charge is 0.294 e. The molecular formula is C18H19NO5S2. The Hall–Kier alpha value is -2.16. The van der Waals surface area contributed by atoms with Gasteiger partial charge in [0.05, 0.1) is 10.8 Å². The fourth-order valence-electron chi connectivity index (χ4n) is 2.32. The van der Waals surface area contributed by atoms with Gasteiger partial charge in [-0.05, 0) is 30.2 Å². The van der Waals surface area contributed by atoms with Gasteiger partial charge in [0.15, 0.2) is 5.12 Å². The fraction of sp³-hybridized carbons (Fsp3) is 0.222. The van der Waals surface area contributed by atoms with Crippen molar-refractivity contribution in [3.63, 3.8) is 0 Å². The van der Waals surface area contributed by atoms with Crippen molar-refractivity contribution in [2.24, 2.45) is 5.92 Å². The summed E-state index contributed by atoms with van der Waals surface area (Å²) in [5, 5.41) is 2.58. The highest BCUT2D eigenvalue weighted by molar-refractivity contribution is 8.13. The van der Waals surface area contributed by atoms with Crippen LogP contribution < -0.4 is 5.32 Å². The first-order valence-electron chi connectivity index (χ1n) is 7.81. The van der Waals surface area contributed by atoms with E-state index in [0.29, 0.717) is 12.2 Å². The van der Waals surface area contributed by atoms with Gasteiger partial charge in [-0.2, -0.15) is 8.42 Å². The lowest BCUT2D eigenvalue weighted by molar-refractivity contribution is -0.119. The second kappa shape index (κ2) is 8.98. The van der Waals surface area contributed by atoms with Gasteiger partial charge < -0.3 is 5.32 Å². The number of anilines is 1. The molecule has 0 bridgehead atoms. The first-order chi connectivity index (χ1) is 12.3. The summed E-state index contributed by atoms with van der Waals surface area (Å²) < 4.78 is 31.6. The highest BCUT2D eigenvalue weighted by atomic mass is 32.2. The Labute approximate surface area is 156 Å². The summed E-state index contributed by atoms with van der Waals surface area (Å²) >= 11 is 1.07. The van der Waals surface area contributed by atoms with Gasteiger partial charge in [-0.1, -0.05) is 48.2 Å². The van der Waals surface area contributed by atoms with Crippen LogP contribution >= 0.6 is 11.8 Å². The SMILES string of the molecule is CC(=O)SCC(Cc1ccccc1)C(=O)Nc1cccc(S(=O)(=O)O)c1. The molecule has 0 saturated carbocycles. The van der Waals surface area contributed by atoms with Crippen molar-refractivity contribution >= 4 is 38.6 Å². The van der Waals surface area contributed by atoms with Gasteiger partial charge in [-0.15, -0.1) is 0 Å². The lowest BCUT2D eigenvalue weighted by Crippen LogP contribution is -2.27. The van der Waals surface area contributed by atoms with Crippen molar-refractivity contribution in [1.82, 2.24) is 0 Å². The maximum Gasteiger partial charge on any atom is 0.294 e. The molecule has 1 amide bonds. The Morgan fingerprint density at radius 1 is 1.12 bits per heavy atom. The van der Waals surface area contributed by atoms with Gasteiger partial charge in [-0.25, -0.2) is 0 Å². The van der Waals surface area contributed by atoms with E-state index in [1.165, 1.54) is 31.2 Å². The normalized spacial score (nSPS) is 12.4. The molecule has 2 N–H and O–H groups in total. The number of benzene rings is 2. The van der Waals surface area contributed by atoms with E-state index in [1.807, 2.05) is 30.3 Å². The van der Waals surface area contributed by atoms with Gasteiger partial charge in [0.2, 0.25) is 5.91 Å². The number of nitrogens with one attached hydrogen (secondary N) is 1. The third-order valence-electron chi connectivity index (χ3n) is 3.58. The van der Waals surface area contributed by atoms with Gasteiger partial charge in [0.1, 0.15) is 0 Å². The Balaban J connectivity index is 2.16. The number of carbonyl (C=O) groups excluding carboxylic acids is 2. The number of hydrogen-bond acceptors (Lipinski definition) is 5. The number of amides is 1. The molecule has 0 fully saturated rings. The third kappa shape index (κ3) is 6.29. The van der Waals surface area contributed by atoms with Gasteiger partial charge in [0.25, 0.3) is 10.1 Å². The molecule has 0 heterocycles. The van der Waals surface area contributed by atoms with Crippen LogP contribution in [0.2, 0.25) is 0 Å². The summed E-state index contributed by atoms with van der Waals surface area (Å²) in [6.07, 6.45) is 0.449. The van der Waals surface area contributed by atoms with E-state index in [2.05, 4.69) is 5.32 Å². The Kier molecular flexibility index (Phi) is 6.96. The molecule has 0 aliphatic carbocycles. The number of carbonyl (C=O) groups is 2. The first kappa shape index (κ1) is 20.2. The minimum atomic E-state index is -4.35. The van der Waals surface area contributed by atoms with Crippen LogP contribution in [0.1, 0.15) is 12.5 Å². The van der Waals surface area contributed by atoms with Crippen LogP contribution in [0.5, 0.6) is 0 Å². The second-order valence-electron chi connectivity index (χ2n) is 5.68. The summed E-state index contributed by atoms with van der Waals surface area (Å²) in [5.74, 6) is -0.482. The Bertz CT molecular complexity index is 881. The lowest BCUT2D eigenvalue weighted by Gasteiger charge is -2.16. The number of thioether (sulfide) groups is 1. The molecule has 0 aromatic heterocycles. The molecular weight excluding hydrogens is 374 g/mol. The van der Waals surface area contributed by atoms with Crippen molar-refractivity contribution in [2.75, 3.05) is 11.1 Å². The third-order valence-corrected chi connectivity index (χ3v) is 5.41. The largest absolute Gasteiger partial charge is 0.326 e. The van der Waals surface area contributed by atoms with Crippen LogP contribution in [-0.4, -0.2) is 29.7 Å². The lowest BCUT2D eigenvalue weighted by atomic mass is 10.00.